The van der Waals surface area contributed by atoms with Crippen molar-refractivity contribution in [2.75, 3.05) is 0 Å². The van der Waals surface area contributed by atoms with Gasteiger partial charge in [0.2, 0.25) is 0 Å². The fourth-order valence-corrected chi connectivity index (χ4v) is 8.98. The van der Waals surface area contributed by atoms with Gasteiger partial charge < -0.3 is 10.4 Å². The molecule has 0 aliphatic rings. The van der Waals surface area contributed by atoms with E-state index in [-0.39, 0.29) is 0 Å². The van der Waals surface area contributed by atoms with Crippen molar-refractivity contribution >= 4 is 40.9 Å². The topological polar surface area (TPSA) is 35.1 Å². The number of benzene rings is 5. The zero-order chi connectivity index (χ0) is 25.5. The van der Waals surface area contributed by atoms with Gasteiger partial charge in [0.15, 0.2) is 12.7 Å². The fraction of sp³-hybridized carbons (Fsp3) is 0.0303. The van der Waals surface area contributed by atoms with E-state index in [4.69, 9.17) is 11.6 Å². The molecule has 5 rings (SSSR count). The highest BCUT2D eigenvalue weighted by Crippen LogP contribution is 2.62. The van der Waals surface area contributed by atoms with E-state index < -0.39 is 13.5 Å². The normalized spacial score (nSPS) is 12.6. The predicted octanol–water partition coefficient (Wildman–Crippen LogP) is 6.28. The molecule has 1 unspecified atom stereocenters. The molecule has 2 nitrogen and oxygen atoms in total. The lowest BCUT2D eigenvalue weighted by Crippen LogP contribution is -2.40. The summed E-state index contributed by atoms with van der Waals surface area (Å²) in [5.74, 6) is 0. The van der Waals surface area contributed by atoms with Gasteiger partial charge in [-0.2, -0.15) is 0 Å². The van der Waals surface area contributed by atoms with Crippen molar-refractivity contribution in [2.45, 2.75) is 6.23 Å². The van der Waals surface area contributed by atoms with Gasteiger partial charge >= 0.3 is 0 Å². The van der Waals surface area contributed by atoms with E-state index in [1.165, 1.54) is 15.9 Å². The average Bonchev–Trinajstić information content (AvgIpc) is 2.97. The molecule has 5 aromatic carbocycles. The minimum atomic E-state index is -2.50. The van der Waals surface area contributed by atoms with Gasteiger partial charge in [0, 0.05) is 11.1 Å². The lowest BCUT2D eigenvalue weighted by molar-refractivity contribution is -0.433. The predicted molar refractivity (Wildman–Crippen MR) is 157 cm³/mol. The molecule has 4 heteroatoms. The summed E-state index contributed by atoms with van der Waals surface area (Å²) >= 11 is 6.21. The second-order valence-electron chi connectivity index (χ2n) is 8.69. The number of hydrogen-bond donors (Lipinski definition) is 1. The van der Waals surface area contributed by atoms with Crippen LogP contribution in [0.15, 0.2) is 151 Å². The molecule has 0 aromatic heterocycles. The summed E-state index contributed by atoms with van der Waals surface area (Å²) in [5, 5.41) is 21.4. The van der Waals surface area contributed by atoms with E-state index >= 15 is 0 Å². The third-order valence-corrected chi connectivity index (χ3v) is 10.8. The van der Waals surface area contributed by atoms with Crippen LogP contribution < -0.4 is 26.3 Å². The van der Waals surface area contributed by atoms with Crippen LogP contribution in [-0.2, 0) is 0 Å². The van der Waals surface area contributed by atoms with Crippen molar-refractivity contribution in [2.24, 2.45) is 0 Å². The molecule has 1 atom stereocenters. The summed E-state index contributed by atoms with van der Waals surface area (Å²) in [6.07, 6.45) is 0.973. The smallest absolute Gasteiger partial charge is 0.172 e. The molecule has 0 bridgehead atoms. The lowest BCUT2D eigenvalue weighted by Gasteiger charge is -2.34. The summed E-state index contributed by atoms with van der Waals surface area (Å²) in [6.45, 7) is 0. The van der Waals surface area contributed by atoms with Gasteiger partial charge in [-0.15, -0.1) is 0 Å². The molecular formula is C33H27ClNOP. The van der Waals surface area contributed by atoms with Crippen LogP contribution in [-0.4, -0.2) is 0 Å². The monoisotopic (exact) mass is 519 g/mol. The van der Waals surface area contributed by atoms with Crippen LogP contribution in [0.3, 0.4) is 0 Å². The maximum Gasteiger partial charge on any atom is 0.172 e. The highest BCUT2D eigenvalue weighted by atomic mass is 35.5. The first kappa shape index (κ1) is 25.0. The van der Waals surface area contributed by atoms with Gasteiger partial charge in [-0.05, 0) is 65.9 Å². The van der Waals surface area contributed by atoms with Gasteiger partial charge in [0.1, 0.15) is 15.9 Å². The zero-order valence-corrected chi connectivity index (χ0v) is 21.9. The second kappa shape index (κ2) is 11.6. The minimum Gasteiger partial charge on any atom is -0.833 e. The summed E-state index contributed by atoms with van der Waals surface area (Å²) in [6, 6.07) is 48.8. The van der Waals surface area contributed by atoms with Crippen molar-refractivity contribution in [3.63, 3.8) is 0 Å². The van der Waals surface area contributed by atoms with Gasteiger partial charge in [0.25, 0.3) is 0 Å². The molecule has 0 spiro atoms. The largest absolute Gasteiger partial charge is 0.833 e. The van der Waals surface area contributed by atoms with E-state index in [0.29, 0.717) is 10.6 Å². The molecule has 0 saturated carbocycles. The van der Waals surface area contributed by atoms with Crippen LogP contribution in [0.4, 0.5) is 0 Å². The van der Waals surface area contributed by atoms with Crippen LogP contribution in [0, 0.1) is 0 Å². The molecule has 5 aromatic rings. The van der Waals surface area contributed by atoms with E-state index in [1.807, 2.05) is 72.8 Å². The molecule has 0 aliphatic carbocycles. The van der Waals surface area contributed by atoms with Crippen molar-refractivity contribution < 1.29 is 5.11 Å². The molecule has 182 valence electrons. The van der Waals surface area contributed by atoms with Gasteiger partial charge in [-0.25, -0.2) is 0 Å². The molecule has 1 N–H and O–H groups in total. The Morgan fingerprint density at radius 1 is 0.595 bits per heavy atom. The van der Waals surface area contributed by atoms with E-state index in [2.05, 4.69) is 84.2 Å². The summed E-state index contributed by atoms with van der Waals surface area (Å²) in [7, 11) is -2.50. The van der Waals surface area contributed by atoms with Gasteiger partial charge in [-0.3, -0.25) is 0 Å². The average molecular weight is 520 g/mol. The Morgan fingerprint density at radius 2 is 1.00 bits per heavy atom. The first-order valence-corrected chi connectivity index (χ1v) is 14.4. The number of nitrogens with one attached hydrogen (secondary N) is 1. The molecular weight excluding hydrogens is 493 g/mol. The number of rotatable bonds is 8. The first-order chi connectivity index (χ1) is 18.2. The Hall–Kier alpha value is -3.68. The maximum atomic E-state index is 13.8. The second-order valence-corrected chi connectivity index (χ2v) is 12.5. The highest BCUT2D eigenvalue weighted by Gasteiger charge is 2.50. The molecule has 0 heterocycles. The zero-order valence-electron chi connectivity index (χ0n) is 20.2. The Bertz CT molecular complexity index is 1340. The van der Waals surface area contributed by atoms with Crippen LogP contribution in [0.5, 0.6) is 0 Å². The minimum absolute atomic E-state index is 0.674. The van der Waals surface area contributed by atoms with E-state index in [1.54, 1.807) is 0 Å². The number of hydrogen-bond acceptors (Lipinski definition) is 2. The molecule has 0 saturated heterocycles. The van der Waals surface area contributed by atoms with Gasteiger partial charge in [0.05, 0.1) is 0 Å². The van der Waals surface area contributed by atoms with Crippen LogP contribution in [0.1, 0.15) is 17.4 Å². The molecule has 0 radical (unpaired) electrons. The molecule has 0 aliphatic heterocycles. The Morgan fingerprint density at radius 3 is 1.43 bits per heavy atom. The Kier molecular flexibility index (Phi) is 7.82. The molecule has 0 amide bonds. The van der Waals surface area contributed by atoms with Crippen molar-refractivity contribution in [3.8, 4) is 0 Å². The van der Waals surface area contributed by atoms with Crippen LogP contribution in [0.25, 0.3) is 6.08 Å². The number of halogens is 1. The quantitative estimate of drug-likeness (QED) is 0.193. The summed E-state index contributed by atoms with van der Waals surface area (Å²) < 4.78 is 0. The third-order valence-electron chi connectivity index (χ3n) is 6.35. The SMILES string of the molecule is [O-]C(NC(=Cc1ccc(Cl)cc1)[P+](c1ccccc1)(c1ccccc1)c1ccccc1)c1ccccc1. The summed E-state index contributed by atoms with van der Waals surface area (Å²) in [5.41, 5.74) is 2.55. The third kappa shape index (κ3) is 5.38. The van der Waals surface area contributed by atoms with Crippen molar-refractivity contribution in [1.29, 1.82) is 0 Å². The standard InChI is InChI=1S/C33H27ClNOP/c34-28-23-21-26(22-24-28)25-32(35-33(36)27-13-5-1-6-14-27)37(29-15-7-2-8-16-29,30-17-9-3-10-18-30)31-19-11-4-12-20-31/h1-25,33,35H. The van der Waals surface area contributed by atoms with E-state index in [0.717, 1.165) is 11.0 Å². The van der Waals surface area contributed by atoms with Gasteiger partial charge in [-0.1, -0.05) is 109 Å². The summed E-state index contributed by atoms with van der Waals surface area (Å²) in [4.78, 5) is 0. The van der Waals surface area contributed by atoms with Crippen molar-refractivity contribution in [1.82, 2.24) is 5.32 Å². The molecule has 37 heavy (non-hydrogen) atoms. The fourth-order valence-electron chi connectivity index (χ4n) is 4.62. The van der Waals surface area contributed by atoms with Crippen molar-refractivity contribution in [3.05, 3.63) is 167 Å². The maximum absolute atomic E-state index is 13.8. The lowest BCUT2D eigenvalue weighted by atomic mass is 10.2. The van der Waals surface area contributed by atoms with Crippen LogP contribution in [0.2, 0.25) is 5.02 Å². The molecule has 0 fully saturated rings. The van der Waals surface area contributed by atoms with Crippen LogP contribution >= 0.6 is 18.9 Å². The Labute approximate surface area is 224 Å². The Balaban J connectivity index is 1.82. The first-order valence-electron chi connectivity index (χ1n) is 12.2. The van der Waals surface area contributed by atoms with E-state index in [9.17, 15) is 5.11 Å². The highest BCUT2D eigenvalue weighted by molar-refractivity contribution is 7.99.